The second-order valence-electron chi connectivity index (χ2n) is 4.85. The van der Waals surface area contributed by atoms with Gasteiger partial charge in [-0.1, -0.05) is 13.8 Å². The average molecular weight is 261 g/mol. The summed E-state index contributed by atoms with van der Waals surface area (Å²) in [6.07, 6.45) is 2.23. The van der Waals surface area contributed by atoms with Crippen LogP contribution in [0.15, 0.2) is 12.1 Å². The molecule has 1 aliphatic rings. The first-order chi connectivity index (χ1) is 9.12. The highest BCUT2D eigenvalue weighted by Gasteiger charge is 2.36. The van der Waals surface area contributed by atoms with Gasteiger partial charge in [0.25, 0.3) is 0 Å². The van der Waals surface area contributed by atoms with E-state index < -0.39 is 5.92 Å². The van der Waals surface area contributed by atoms with E-state index in [9.17, 15) is 9.59 Å². The molecule has 0 saturated heterocycles. The van der Waals surface area contributed by atoms with E-state index >= 15 is 0 Å². The van der Waals surface area contributed by atoms with Crippen LogP contribution in [0.2, 0.25) is 0 Å². The molecule has 1 saturated carbocycles. The van der Waals surface area contributed by atoms with Crippen molar-refractivity contribution in [3.8, 4) is 5.75 Å². The van der Waals surface area contributed by atoms with Gasteiger partial charge in [-0.3, -0.25) is 9.59 Å². The third-order valence-corrected chi connectivity index (χ3v) is 3.77. The van der Waals surface area contributed by atoms with Crippen LogP contribution in [0.5, 0.6) is 5.75 Å². The third kappa shape index (κ3) is 2.40. The van der Waals surface area contributed by atoms with Crippen LogP contribution in [0.4, 0.5) is 0 Å². The molecule has 1 aromatic rings. The molecule has 102 valence electrons. The molecule has 1 aromatic carbocycles. The number of hydrogen-bond donors (Lipinski definition) is 1. The highest BCUT2D eigenvalue weighted by atomic mass is 16.6. The maximum Gasteiger partial charge on any atom is 0.148 e. The second-order valence-corrected chi connectivity index (χ2v) is 4.85. The Kier molecular flexibility index (Phi) is 4.00. The van der Waals surface area contributed by atoms with Gasteiger partial charge in [0.05, 0.1) is 0 Å². The first kappa shape index (κ1) is 13.7. The van der Waals surface area contributed by atoms with Gasteiger partial charge in [-0.25, -0.2) is 0 Å². The average Bonchev–Trinajstić information content (AvgIpc) is 2.76. The third-order valence-electron chi connectivity index (χ3n) is 3.77. The van der Waals surface area contributed by atoms with E-state index in [0.717, 1.165) is 29.5 Å². The van der Waals surface area contributed by atoms with Crippen molar-refractivity contribution in [2.24, 2.45) is 5.90 Å². The Morgan fingerprint density at radius 1 is 1.11 bits per heavy atom. The van der Waals surface area contributed by atoms with Gasteiger partial charge in [0.15, 0.2) is 0 Å². The summed E-state index contributed by atoms with van der Waals surface area (Å²) in [7, 11) is 0. The molecule has 0 radical (unpaired) electrons. The standard InChI is InChI=1S/C15H19NO3/c1-3-9-7-11(19-16)8-10(4-2)14(9)15-12(17)5-6-13(15)18/h7-8,15H,3-6,16H2,1-2H3. The molecule has 0 atom stereocenters. The van der Waals surface area contributed by atoms with Gasteiger partial charge in [0.1, 0.15) is 23.2 Å². The van der Waals surface area contributed by atoms with Crippen LogP contribution in [-0.4, -0.2) is 11.6 Å². The van der Waals surface area contributed by atoms with Gasteiger partial charge >= 0.3 is 0 Å². The summed E-state index contributed by atoms with van der Waals surface area (Å²) in [5, 5.41) is 0. The summed E-state index contributed by atoms with van der Waals surface area (Å²) in [5.41, 5.74) is 2.85. The van der Waals surface area contributed by atoms with Crippen molar-refractivity contribution in [3.05, 3.63) is 28.8 Å². The van der Waals surface area contributed by atoms with Crippen molar-refractivity contribution in [1.29, 1.82) is 0 Å². The van der Waals surface area contributed by atoms with Gasteiger partial charge in [-0.05, 0) is 41.7 Å². The molecule has 2 N–H and O–H groups in total. The first-order valence-corrected chi connectivity index (χ1v) is 6.70. The number of Topliss-reactive ketones (excluding diaryl/α,β-unsaturated/α-hetero) is 2. The lowest BCUT2D eigenvalue weighted by Crippen LogP contribution is -2.17. The molecule has 0 aliphatic heterocycles. The number of carbonyl (C=O) groups is 2. The molecule has 19 heavy (non-hydrogen) atoms. The molecule has 0 amide bonds. The van der Waals surface area contributed by atoms with E-state index in [1.807, 2.05) is 26.0 Å². The fraction of sp³-hybridized carbons (Fsp3) is 0.467. The minimum absolute atomic E-state index is 0.0378. The normalized spacial score (nSPS) is 16.2. The molecule has 0 heterocycles. The molecular weight excluding hydrogens is 242 g/mol. The SMILES string of the molecule is CCc1cc(ON)cc(CC)c1C1C(=O)CCC1=O. The topological polar surface area (TPSA) is 69.4 Å². The Hall–Kier alpha value is -1.68. The molecule has 1 fully saturated rings. The smallest absolute Gasteiger partial charge is 0.148 e. The molecule has 0 bridgehead atoms. The van der Waals surface area contributed by atoms with Crippen LogP contribution in [-0.2, 0) is 22.4 Å². The number of benzene rings is 1. The highest BCUT2D eigenvalue weighted by Crippen LogP contribution is 2.35. The van der Waals surface area contributed by atoms with Crippen molar-refractivity contribution in [2.75, 3.05) is 0 Å². The summed E-state index contributed by atoms with van der Waals surface area (Å²) >= 11 is 0. The summed E-state index contributed by atoms with van der Waals surface area (Å²) in [4.78, 5) is 28.8. The summed E-state index contributed by atoms with van der Waals surface area (Å²) < 4.78 is 0. The predicted octanol–water partition coefficient (Wildman–Crippen LogP) is 2.08. The van der Waals surface area contributed by atoms with E-state index in [1.54, 1.807) is 0 Å². The van der Waals surface area contributed by atoms with E-state index in [0.29, 0.717) is 18.6 Å². The lowest BCUT2D eigenvalue weighted by Gasteiger charge is -2.18. The Morgan fingerprint density at radius 3 is 1.95 bits per heavy atom. The van der Waals surface area contributed by atoms with Crippen LogP contribution in [0.1, 0.15) is 49.3 Å². The van der Waals surface area contributed by atoms with Crippen molar-refractivity contribution in [3.63, 3.8) is 0 Å². The van der Waals surface area contributed by atoms with Crippen molar-refractivity contribution in [1.82, 2.24) is 0 Å². The second kappa shape index (κ2) is 5.53. The number of hydrogen-bond acceptors (Lipinski definition) is 4. The molecule has 0 unspecified atom stereocenters. The summed E-state index contributed by atoms with van der Waals surface area (Å²) in [5.74, 6) is 5.30. The lowest BCUT2D eigenvalue weighted by atomic mass is 9.85. The Bertz CT molecular complexity index is 481. The zero-order valence-electron chi connectivity index (χ0n) is 11.4. The first-order valence-electron chi connectivity index (χ1n) is 6.70. The fourth-order valence-corrected chi connectivity index (χ4v) is 2.81. The van der Waals surface area contributed by atoms with Gasteiger partial charge in [0, 0.05) is 12.8 Å². The molecule has 2 rings (SSSR count). The van der Waals surface area contributed by atoms with Crippen molar-refractivity contribution in [2.45, 2.75) is 45.4 Å². The maximum atomic E-state index is 12.0. The van der Waals surface area contributed by atoms with Crippen LogP contribution in [0.25, 0.3) is 0 Å². The number of carbonyl (C=O) groups excluding carboxylic acids is 2. The van der Waals surface area contributed by atoms with Crippen LogP contribution in [0, 0.1) is 0 Å². The zero-order chi connectivity index (χ0) is 14.0. The fourth-order valence-electron chi connectivity index (χ4n) is 2.81. The molecule has 0 aromatic heterocycles. The summed E-state index contributed by atoms with van der Waals surface area (Å²) in [6, 6.07) is 3.65. The Labute approximate surface area is 112 Å². The Balaban J connectivity index is 2.60. The monoisotopic (exact) mass is 261 g/mol. The van der Waals surface area contributed by atoms with Gasteiger partial charge < -0.3 is 4.84 Å². The van der Waals surface area contributed by atoms with Crippen molar-refractivity contribution < 1.29 is 14.4 Å². The number of rotatable bonds is 4. The molecule has 4 nitrogen and oxygen atoms in total. The van der Waals surface area contributed by atoms with Gasteiger partial charge in [0.2, 0.25) is 0 Å². The predicted molar refractivity (Wildman–Crippen MR) is 72.0 cm³/mol. The van der Waals surface area contributed by atoms with E-state index in [2.05, 4.69) is 0 Å². The summed E-state index contributed by atoms with van der Waals surface area (Å²) in [6.45, 7) is 4.00. The van der Waals surface area contributed by atoms with E-state index in [1.165, 1.54) is 0 Å². The zero-order valence-corrected chi connectivity index (χ0v) is 11.4. The van der Waals surface area contributed by atoms with Crippen LogP contribution in [0.3, 0.4) is 0 Å². The Morgan fingerprint density at radius 2 is 1.58 bits per heavy atom. The van der Waals surface area contributed by atoms with Crippen LogP contribution < -0.4 is 10.7 Å². The molecular formula is C15H19NO3. The van der Waals surface area contributed by atoms with Crippen molar-refractivity contribution >= 4 is 11.6 Å². The van der Waals surface area contributed by atoms with Crippen LogP contribution >= 0.6 is 0 Å². The highest BCUT2D eigenvalue weighted by molar-refractivity contribution is 6.13. The minimum Gasteiger partial charge on any atom is -0.412 e. The molecule has 1 aliphatic carbocycles. The van der Waals surface area contributed by atoms with Gasteiger partial charge in [-0.15, -0.1) is 0 Å². The quantitative estimate of drug-likeness (QED) is 0.665. The molecule has 0 spiro atoms. The lowest BCUT2D eigenvalue weighted by molar-refractivity contribution is -0.123. The number of nitrogens with two attached hydrogens (primary N) is 1. The molecule has 4 heteroatoms. The largest absolute Gasteiger partial charge is 0.412 e. The van der Waals surface area contributed by atoms with E-state index in [4.69, 9.17) is 10.7 Å². The maximum absolute atomic E-state index is 12.0. The minimum atomic E-state index is -0.572. The number of ketones is 2. The number of aryl methyl sites for hydroxylation is 2. The van der Waals surface area contributed by atoms with E-state index in [-0.39, 0.29) is 11.6 Å². The van der Waals surface area contributed by atoms with Gasteiger partial charge in [-0.2, -0.15) is 5.90 Å².